The highest BCUT2D eigenvalue weighted by molar-refractivity contribution is 5.69. The van der Waals surface area contributed by atoms with Gasteiger partial charge in [0.25, 0.3) is 0 Å². The predicted octanol–water partition coefficient (Wildman–Crippen LogP) is 4.33. The summed E-state index contributed by atoms with van der Waals surface area (Å²) in [6.07, 6.45) is 2.62. The number of rotatable bonds is 5. The van der Waals surface area contributed by atoms with Crippen molar-refractivity contribution < 1.29 is 14.6 Å². The second kappa shape index (κ2) is 8.51. The van der Waals surface area contributed by atoms with E-state index in [4.69, 9.17) is 0 Å². The Balaban J connectivity index is 1.90. The van der Waals surface area contributed by atoms with Crippen molar-refractivity contribution in [2.75, 3.05) is 13.1 Å². The van der Waals surface area contributed by atoms with Crippen molar-refractivity contribution >= 4 is 0 Å². The summed E-state index contributed by atoms with van der Waals surface area (Å²) in [7, 11) is 0. The lowest BCUT2D eigenvalue weighted by Crippen LogP contribution is -2.52. The third-order valence-electron chi connectivity index (χ3n) is 5.81. The highest BCUT2D eigenvalue weighted by Gasteiger charge is 2.39. The Morgan fingerprint density at radius 1 is 0.889 bits per heavy atom. The highest BCUT2D eigenvalue weighted by atomic mass is 19.1. The van der Waals surface area contributed by atoms with E-state index >= 15 is 0 Å². The molecule has 3 nitrogen and oxygen atoms in total. The van der Waals surface area contributed by atoms with Crippen LogP contribution >= 0.6 is 0 Å². The van der Waals surface area contributed by atoms with Crippen LogP contribution in [-0.4, -0.2) is 40.5 Å². The maximum atomic E-state index is 13.3. The van der Waals surface area contributed by atoms with Gasteiger partial charge in [-0.05, 0) is 41.7 Å². The quantitative estimate of drug-likeness (QED) is 0.822. The van der Waals surface area contributed by atoms with Gasteiger partial charge in [-0.3, -0.25) is 4.90 Å². The fraction of sp³-hybridized carbons (Fsp3) is 0.478. The van der Waals surface area contributed by atoms with E-state index in [1.165, 1.54) is 25.0 Å². The second-order valence-corrected chi connectivity index (χ2v) is 8.08. The van der Waals surface area contributed by atoms with Gasteiger partial charge in [0.15, 0.2) is 0 Å². The van der Waals surface area contributed by atoms with Crippen molar-refractivity contribution in [2.24, 2.45) is 0 Å². The molecule has 0 amide bonds. The number of halogens is 1. The number of hydrogen-bond acceptors (Lipinski definition) is 3. The van der Waals surface area contributed by atoms with Crippen LogP contribution in [-0.2, 0) is 5.41 Å². The summed E-state index contributed by atoms with van der Waals surface area (Å²) < 4.78 is 13.3. The third kappa shape index (κ3) is 4.40. The van der Waals surface area contributed by atoms with Gasteiger partial charge in [0.1, 0.15) is 18.1 Å². The first-order chi connectivity index (χ1) is 12.9. The van der Waals surface area contributed by atoms with Gasteiger partial charge in [-0.2, -0.15) is 0 Å². The van der Waals surface area contributed by atoms with Gasteiger partial charge in [0, 0.05) is 18.5 Å². The minimum atomic E-state index is -0.933. The molecule has 3 rings (SSSR count). The number of benzene rings is 2. The Kier molecular flexibility index (Phi) is 6.30. The molecule has 0 radical (unpaired) electrons. The fourth-order valence-corrected chi connectivity index (χ4v) is 4.02. The zero-order valence-corrected chi connectivity index (χ0v) is 16.2. The van der Waals surface area contributed by atoms with E-state index in [1.54, 1.807) is 12.1 Å². The molecule has 2 atom stereocenters. The van der Waals surface area contributed by atoms with Crippen molar-refractivity contribution in [3.05, 3.63) is 59.9 Å². The van der Waals surface area contributed by atoms with E-state index in [-0.39, 0.29) is 5.82 Å². The van der Waals surface area contributed by atoms with E-state index < -0.39 is 17.7 Å². The van der Waals surface area contributed by atoms with Crippen LogP contribution in [0.4, 0.5) is 4.39 Å². The normalized spacial score (nSPS) is 18.7. The first-order valence-corrected chi connectivity index (χ1v) is 9.87. The lowest BCUT2D eigenvalue weighted by atomic mass is 9.75. The van der Waals surface area contributed by atoms with Crippen LogP contribution in [0.5, 0.6) is 0 Å². The molecule has 146 valence electrons. The van der Waals surface area contributed by atoms with Crippen molar-refractivity contribution in [1.29, 1.82) is 0 Å². The zero-order chi connectivity index (χ0) is 19.4. The van der Waals surface area contributed by atoms with E-state index in [0.29, 0.717) is 0 Å². The average Bonchev–Trinajstić information content (AvgIpc) is 2.97. The van der Waals surface area contributed by atoms with E-state index in [2.05, 4.69) is 0 Å². The van der Waals surface area contributed by atoms with Gasteiger partial charge in [-0.25, -0.2) is 4.39 Å². The standard InChI is InChI=1S/C23H30FNO2/c1-23(2,21(26)22(27)25-15-7-3-4-8-16-25)20-10-6-5-9-19(20)17-11-13-18(24)14-12-17/h5-6,9-14,21-22,26-27H,3-4,7-8,15-16H2,1-2H3. The molecule has 2 aromatic carbocycles. The third-order valence-corrected chi connectivity index (χ3v) is 5.81. The van der Waals surface area contributed by atoms with Crippen LogP contribution < -0.4 is 0 Å². The Morgan fingerprint density at radius 3 is 2.11 bits per heavy atom. The molecule has 0 aliphatic carbocycles. The number of likely N-dealkylation sites (tertiary alicyclic amines) is 1. The molecule has 1 saturated heterocycles. The Labute approximate surface area is 161 Å². The molecule has 0 bridgehead atoms. The monoisotopic (exact) mass is 371 g/mol. The topological polar surface area (TPSA) is 43.7 Å². The Bertz CT molecular complexity index is 736. The van der Waals surface area contributed by atoms with Crippen molar-refractivity contribution in [1.82, 2.24) is 4.90 Å². The number of hydrogen-bond donors (Lipinski definition) is 2. The maximum absolute atomic E-state index is 13.3. The van der Waals surface area contributed by atoms with Crippen LogP contribution in [0.2, 0.25) is 0 Å². The van der Waals surface area contributed by atoms with Crippen LogP contribution in [0.25, 0.3) is 11.1 Å². The summed E-state index contributed by atoms with van der Waals surface area (Å²) in [6.45, 7) is 5.55. The highest BCUT2D eigenvalue weighted by Crippen LogP contribution is 2.37. The summed E-state index contributed by atoms with van der Waals surface area (Å²) in [4.78, 5) is 2.00. The van der Waals surface area contributed by atoms with Gasteiger partial charge < -0.3 is 10.2 Å². The van der Waals surface area contributed by atoms with Gasteiger partial charge >= 0.3 is 0 Å². The Morgan fingerprint density at radius 2 is 1.48 bits per heavy atom. The summed E-state index contributed by atoms with van der Waals surface area (Å²) in [5.74, 6) is -0.271. The maximum Gasteiger partial charge on any atom is 0.134 e. The van der Waals surface area contributed by atoms with Crippen molar-refractivity contribution in [3.63, 3.8) is 0 Å². The van der Waals surface area contributed by atoms with Gasteiger partial charge in [-0.1, -0.05) is 63.1 Å². The zero-order valence-electron chi connectivity index (χ0n) is 16.2. The lowest BCUT2D eigenvalue weighted by Gasteiger charge is -2.39. The van der Waals surface area contributed by atoms with E-state index in [1.807, 2.05) is 43.0 Å². The summed E-state index contributed by atoms with van der Waals surface area (Å²) in [6, 6.07) is 14.2. The van der Waals surface area contributed by atoms with Gasteiger partial charge in [-0.15, -0.1) is 0 Å². The molecule has 0 saturated carbocycles. The molecule has 1 aliphatic heterocycles. The number of nitrogens with zero attached hydrogens (tertiary/aromatic N) is 1. The van der Waals surface area contributed by atoms with E-state index in [0.717, 1.165) is 42.6 Å². The lowest BCUT2D eigenvalue weighted by molar-refractivity contribution is -0.107. The summed E-state index contributed by atoms with van der Waals surface area (Å²) >= 11 is 0. The van der Waals surface area contributed by atoms with Crippen molar-refractivity contribution in [2.45, 2.75) is 57.3 Å². The van der Waals surface area contributed by atoms with Crippen LogP contribution in [0.15, 0.2) is 48.5 Å². The number of aliphatic hydroxyl groups excluding tert-OH is 2. The molecule has 2 aromatic rings. The molecule has 1 heterocycles. The molecule has 0 aromatic heterocycles. The molecule has 2 N–H and O–H groups in total. The Hall–Kier alpha value is -1.75. The van der Waals surface area contributed by atoms with Crippen LogP contribution in [0.1, 0.15) is 45.1 Å². The van der Waals surface area contributed by atoms with Crippen LogP contribution in [0.3, 0.4) is 0 Å². The molecule has 2 unspecified atom stereocenters. The molecule has 0 spiro atoms. The predicted molar refractivity (Wildman–Crippen MR) is 107 cm³/mol. The largest absolute Gasteiger partial charge is 0.388 e. The van der Waals surface area contributed by atoms with Gasteiger partial charge in [0.2, 0.25) is 0 Å². The minimum absolute atomic E-state index is 0.271. The minimum Gasteiger partial charge on any atom is -0.388 e. The molecule has 4 heteroatoms. The first kappa shape index (κ1) is 20.0. The first-order valence-electron chi connectivity index (χ1n) is 9.87. The number of aliphatic hydroxyl groups is 2. The molecular weight excluding hydrogens is 341 g/mol. The van der Waals surface area contributed by atoms with E-state index in [9.17, 15) is 14.6 Å². The average molecular weight is 371 g/mol. The fourth-order valence-electron chi connectivity index (χ4n) is 4.02. The SMILES string of the molecule is CC(C)(c1ccccc1-c1ccc(F)cc1)C(O)C(O)N1CCCCCC1. The second-order valence-electron chi connectivity index (χ2n) is 8.08. The smallest absolute Gasteiger partial charge is 0.134 e. The molecule has 1 aliphatic rings. The molecular formula is C23H30FNO2. The molecule has 1 fully saturated rings. The molecule has 27 heavy (non-hydrogen) atoms. The van der Waals surface area contributed by atoms with Crippen LogP contribution in [0, 0.1) is 5.82 Å². The van der Waals surface area contributed by atoms with Gasteiger partial charge in [0.05, 0.1) is 0 Å². The summed E-state index contributed by atoms with van der Waals surface area (Å²) in [5.41, 5.74) is 2.12. The van der Waals surface area contributed by atoms with Crippen molar-refractivity contribution in [3.8, 4) is 11.1 Å². The summed E-state index contributed by atoms with van der Waals surface area (Å²) in [5, 5.41) is 22.0.